The number of hydrogen-bond donors (Lipinski definition) is 2. The Morgan fingerprint density at radius 3 is 2.69 bits per heavy atom. The van der Waals surface area contributed by atoms with Crippen molar-refractivity contribution in [3.8, 4) is 0 Å². The summed E-state index contributed by atoms with van der Waals surface area (Å²) in [6.45, 7) is 10.1. The zero-order chi connectivity index (χ0) is 12.0. The third-order valence-corrected chi connectivity index (χ3v) is 3.00. The predicted molar refractivity (Wildman–Crippen MR) is 66.5 cm³/mol. The quantitative estimate of drug-likeness (QED) is 0.691. The molecule has 1 fully saturated rings. The van der Waals surface area contributed by atoms with E-state index in [1.54, 1.807) is 0 Å². The molecule has 2 N–H and O–H groups in total. The smallest absolute Gasteiger partial charge is 0.317 e. The Hall–Kier alpha value is -0.770. The minimum Gasteiger partial charge on any atom is -0.336 e. The molecule has 1 saturated heterocycles. The Balaban J connectivity index is 2.03. The lowest BCUT2D eigenvalue weighted by atomic mass is 10.0. The molecule has 1 heterocycles. The summed E-state index contributed by atoms with van der Waals surface area (Å²) in [4.78, 5) is 13.1. The van der Waals surface area contributed by atoms with Crippen LogP contribution < -0.4 is 10.6 Å². The van der Waals surface area contributed by atoms with Gasteiger partial charge in [-0.3, -0.25) is 0 Å². The number of rotatable bonds is 7. The second kappa shape index (κ2) is 6.74. The maximum Gasteiger partial charge on any atom is 0.317 e. The SMILES string of the molecule is CC(C)CCC(C)NCCN1CCNC1=O. The highest BCUT2D eigenvalue weighted by atomic mass is 16.2. The lowest BCUT2D eigenvalue weighted by Crippen LogP contribution is -2.37. The standard InChI is InChI=1S/C12H25N3O/c1-10(2)4-5-11(3)13-6-8-15-9-7-14-12(15)16/h10-11,13H,4-9H2,1-3H3,(H,14,16). The highest BCUT2D eigenvalue weighted by molar-refractivity contribution is 5.76. The van der Waals surface area contributed by atoms with Gasteiger partial charge in [-0.05, 0) is 25.7 Å². The summed E-state index contributed by atoms with van der Waals surface area (Å²) in [6, 6.07) is 0.629. The summed E-state index contributed by atoms with van der Waals surface area (Å²) in [5.74, 6) is 0.772. The minimum atomic E-state index is 0.0802. The molecule has 0 aliphatic carbocycles. The first-order chi connectivity index (χ1) is 7.59. The lowest BCUT2D eigenvalue weighted by Gasteiger charge is -2.18. The maximum absolute atomic E-state index is 11.3. The molecular formula is C12H25N3O. The van der Waals surface area contributed by atoms with Crippen LogP contribution >= 0.6 is 0 Å². The fourth-order valence-corrected chi connectivity index (χ4v) is 1.86. The average molecular weight is 227 g/mol. The molecule has 1 aliphatic heterocycles. The number of carbonyl (C=O) groups excluding carboxylic acids is 1. The molecule has 2 amide bonds. The van der Waals surface area contributed by atoms with Crippen molar-refractivity contribution in [3.63, 3.8) is 0 Å². The van der Waals surface area contributed by atoms with E-state index in [4.69, 9.17) is 0 Å². The summed E-state index contributed by atoms with van der Waals surface area (Å²) in [5, 5.41) is 6.27. The highest BCUT2D eigenvalue weighted by Gasteiger charge is 2.18. The molecule has 1 aliphatic rings. The highest BCUT2D eigenvalue weighted by Crippen LogP contribution is 2.06. The van der Waals surface area contributed by atoms with Gasteiger partial charge in [0.2, 0.25) is 0 Å². The van der Waals surface area contributed by atoms with Crippen LogP contribution in [0.15, 0.2) is 0 Å². The summed E-state index contributed by atoms with van der Waals surface area (Å²) in [7, 11) is 0. The molecule has 0 aromatic carbocycles. The van der Waals surface area contributed by atoms with Gasteiger partial charge >= 0.3 is 6.03 Å². The average Bonchev–Trinajstić information content (AvgIpc) is 2.61. The Morgan fingerprint density at radius 1 is 1.38 bits per heavy atom. The zero-order valence-electron chi connectivity index (χ0n) is 10.8. The van der Waals surface area contributed by atoms with E-state index < -0.39 is 0 Å². The zero-order valence-corrected chi connectivity index (χ0v) is 10.8. The number of carbonyl (C=O) groups is 1. The van der Waals surface area contributed by atoms with Gasteiger partial charge in [0, 0.05) is 32.2 Å². The number of amides is 2. The molecule has 1 unspecified atom stereocenters. The van der Waals surface area contributed by atoms with Crippen LogP contribution in [-0.4, -0.2) is 43.2 Å². The Morgan fingerprint density at radius 2 is 2.12 bits per heavy atom. The molecule has 0 saturated carbocycles. The van der Waals surface area contributed by atoms with Crippen molar-refractivity contribution in [2.75, 3.05) is 26.2 Å². The summed E-state index contributed by atoms with van der Waals surface area (Å²) in [6.07, 6.45) is 2.47. The number of urea groups is 1. The van der Waals surface area contributed by atoms with Crippen LogP contribution in [0.5, 0.6) is 0 Å². The van der Waals surface area contributed by atoms with Gasteiger partial charge in [-0.15, -0.1) is 0 Å². The van der Waals surface area contributed by atoms with Crippen LogP contribution in [0, 0.1) is 5.92 Å². The molecule has 0 radical (unpaired) electrons. The Kier molecular flexibility index (Phi) is 5.60. The largest absolute Gasteiger partial charge is 0.336 e. The van der Waals surface area contributed by atoms with Gasteiger partial charge in [-0.2, -0.15) is 0 Å². The molecular weight excluding hydrogens is 202 g/mol. The second-order valence-corrected chi connectivity index (χ2v) is 5.05. The van der Waals surface area contributed by atoms with E-state index in [9.17, 15) is 4.79 Å². The predicted octanol–water partition coefficient (Wildman–Crippen LogP) is 1.43. The lowest BCUT2D eigenvalue weighted by molar-refractivity contribution is 0.217. The van der Waals surface area contributed by atoms with Gasteiger partial charge in [0.25, 0.3) is 0 Å². The number of hydrogen-bond acceptors (Lipinski definition) is 2. The molecule has 4 nitrogen and oxygen atoms in total. The van der Waals surface area contributed by atoms with Gasteiger partial charge in [0.1, 0.15) is 0 Å². The third-order valence-electron chi connectivity index (χ3n) is 3.00. The minimum absolute atomic E-state index is 0.0802. The van der Waals surface area contributed by atoms with Gasteiger partial charge in [0.15, 0.2) is 0 Å². The van der Waals surface area contributed by atoms with Crippen LogP contribution in [0.3, 0.4) is 0 Å². The van der Waals surface area contributed by atoms with E-state index in [2.05, 4.69) is 31.4 Å². The summed E-state index contributed by atoms with van der Waals surface area (Å²) < 4.78 is 0. The first kappa shape index (κ1) is 13.3. The van der Waals surface area contributed by atoms with E-state index >= 15 is 0 Å². The van der Waals surface area contributed by atoms with Gasteiger partial charge in [-0.25, -0.2) is 4.79 Å². The fraction of sp³-hybridized carbons (Fsp3) is 0.917. The van der Waals surface area contributed by atoms with Crippen molar-refractivity contribution in [2.24, 2.45) is 5.92 Å². The first-order valence-corrected chi connectivity index (χ1v) is 6.35. The van der Waals surface area contributed by atoms with Crippen molar-refractivity contribution < 1.29 is 4.79 Å². The van der Waals surface area contributed by atoms with Gasteiger partial charge in [-0.1, -0.05) is 13.8 Å². The van der Waals surface area contributed by atoms with Crippen LogP contribution in [-0.2, 0) is 0 Å². The Bertz CT molecular complexity index is 218. The molecule has 1 atom stereocenters. The van der Waals surface area contributed by atoms with Crippen molar-refractivity contribution >= 4 is 6.03 Å². The van der Waals surface area contributed by atoms with E-state index in [0.29, 0.717) is 6.04 Å². The first-order valence-electron chi connectivity index (χ1n) is 6.35. The Labute approximate surface area is 98.8 Å². The normalized spacial score (nSPS) is 18.0. The third kappa shape index (κ3) is 4.84. The summed E-state index contributed by atoms with van der Waals surface area (Å²) in [5.41, 5.74) is 0. The van der Waals surface area contributed by atoms with E-state index in [1.807, 2.05) is 4.90 Å². The number of nitrogens with one attached hydrogen (secondary N) is 2. The maximum atomic E-state index is 11.3. The second-order valence-electron chi connectivity index (χ2n) is 5.05. The van der Waals surface area contributed by atoms with E-state index in [-0.39, 0.29) is 6.03 Å². The van der Waals surface area contributed by atoms with E-state index in [1.165, 1.54) is 12.8 Å². The monoisotopic (exact) mass is 227 g/mol. The molecule has 0 aromatic rings. The van der Waals surface area contributed by atoms with Crippen molar-refractivity contribution in [1.82, 2.24) is 15.5 Å². The molecule has 0 spiro atoms. The molecule has 0 bridgehead atoms. The van der Waals surface area contributed by atoms with Crippen molar-refractivity contribution in [1.29, 1.82) is 0 Å². The molecule has 4 heteroatoms. The van der Waals surface area contributed by atoms with Crippen LogP contribution in [0.25, 0.3) is 0 Å². The fourth-order valence-electron chi connectivity index (χ4n) is 1.86. The van der Waals surface area contributed by atoms with Crippen LogP contribution in [0.1, 0.15) is 33.6 Å². The molecule has 1 rings (SSSR count). The number of nitrogens with zero attached hydrogens (tertiary/aromatic N) is 1. The van der Waals surface area contributed by atoms with Crippen LogP contribution in [0.2, 0.25) is 0 Å². The van der Waals surface area contributed by atoms with Crippen LogP contribution in [0.4, 0.5) is 4.79 Å². The van der Waals surface area contributed by atoms with Gasteiger partial charge < -0.3 is 15.5 Å². The van der Waals surface area contributed by atoms with Crippen molar-refractivity contribution in [2.45, 2.75) is 39.7 Å². The molecule has 94 valence electrons. The molecule has 16 heavy (non-hydrogen) atoms. The summed E-state index contributed by atoms with van der Waals surface area (Å²) >= 11 is 0. The molecule has 0 aromatic heterocycles. The topological polar surface area (TPSA) is 44.4 Å². The van der Waals surface area contributed by atoms with Gasteiger partial charge in [0.05, 0.1) is 0 Å². The van der Waals surface area contributed by atoms with E-state index in [0.717, 1.165) is 32.1 Å². The van der Waals surface area contributed by atoms with Crippen molar-refractivity contribution in [3.05, 3.63) is 0 Å².